The summed E-state index contributed by atoms with van der Waals surface area (Å²) in [4.78, 5) is 23.5. The Bertz CT molecular complexity index is 488. The molecule has 6 heteroatoms. The molecule has 0 fully saturated rings. The lowest BCUT2D eigenvalue weighted by molar-refractivity contribution is -0.146. The van der Waals surface area contributed by atoms with Gasteiger partial charge in [0.2, 0.25) is 0 Å². The van der Waals surface area contributed by atoms with E-state index in [1.807, 2.05) is 0 Å². The first-order valence-electron chi connectivity index (χ1n) is 5.14. The fraction of sp³-hybridized carbons (Fsp3) is 0.333. The first-order chi connectivity index (χ1) is 8.27. The van der Waals surface area contributed by atoms with Crippen LogP contribution in [0.3, 0.4) is 0 Å². The maximum absolute atomic E-state index is 12.0. The Hall–Kier alpha value is -1.07. The van der Waals surface area contributed by atoms with Crippen LogP contribution in [0.1, 0.15) is 24.2 Å². The van der Waals surface area contributed by atoms with Crippen LogP contribution in [0.4, 0.5) is 0 Å². The van der Waals surface area contributed by atoms with Crippen molar-refractivity contribution < 1.29 is 14.3 Å². The third kappa shape index (κ3) is 3.46. The number of carbonyl (C=O) groups excluding carboxylic acids is 2. The molecule has 98 valence electrons. The predicted octanol–water partition coefficient (Wildman–Crippen LogP) is 2.78. The maximum atomic E-state index is 12.0. The Morgan fingerprint density at radius 1 is 1.39 bits per heavy atom. The van der Waals surface area contributed by atoms with E-state index in [9.17, 15) is 9.59 Å². The second kappa shape index (κ2) is 5.71. The number of nitrogens with one attached hydrogen (secondary N) is 1. The van der Waals surface area contributed by atoms with Crippen LogP contribution in [-0.4, -0.2) is 24.5 Å². The van der Waals surface area contributed by atoms with Gasteiger partial charge in [-0.05, 0) is 32.0 Å². The van der Waals surface area contributed by atoms with E-state index in [1.165, 1.54) is 7.11 Å². The minimum atomic E-state index is -1.11. The molecule has 0 aliphatic heterocycles. The van der Waals surface area contributed by atoms with Crippen molar-refractivity contribution in [3.63, 3.8) is 0 Å². The van der Waals surface area contributed by atoms with Gasteiger partial charge in [0.25, 0.3) is 5.91 Å². The molecule has 1 aromatic rings. The quantitative estimate of drug-likeness (QED) is 0.865. The van der Waals surface area contributed by atoms with E-state index in [-0.39, 0.29) is 0 Å². The lowest BCUT2D eigenvalue weighted by Gasteiger charge is -2.23. The average molecular weight is 335 g/mol. The minimum absolute atomic E-state index is 0.294. The Morgan fingerprint density at radius 3 is 2.56 bits per heavy atom. The SMILES string of the molecule is COC(=O)C(C)(C)NC(=O)c1cc(Br)ccc1Cl. The van der Waals surface area contributed by atoms with Gasteiger partial charge in [-0.2, -0.15) is 0 Å². The standard InChI is InChI=1S/C12H13BrClNO3/c1-12(2,11(17)18-3)15-10(16)8-6-7(13)4-5-9(8)14/h4-6H,1-3H3,(H,15,16). The van der Waals surface area contributed by atoms with Crippen LogP contribution >= 0.6 is 27.5 Å². The van der Waals surface area contributed by atoms with Crippen molar-refractivity contribution in [2.75, 3.05) is 7.11 Å². The summed E-state index contributed by atoms with van der Waals surface area (Å²) in [6.07, 6.45) is 0. The van der Waals surface area contributed by atoms with Crippen LogP contribution in [0.15, 0.2) is 22.7 Å². The van der Waals surface area contributed by atoms with Crippen molar-refractivity contribution in [2.45, 2.75) is 19.4 Å². The minimum Gasteiger partial charge on any atom is -0.467 e. The van der Waals surface area contributed by atoms with Gasteiger partial charge in [-0.3, -0.25) is 4.79 Å². The highest BCUT2D eigenvalue weighted by Crippen LogP contribution is 2.21. The molecule has 4 nitrogen and oxygen atoms in total. The summed E-state index contributed by atoms with van der Waals surface area (Å²) in [7, 11) is 1.27. The van der Waals surface area contributed by atoms with E-state index in [4.69, 9.17) is 11.6 Å². The Kier molecular flexibility index (Phi) is 4.76. The first kappa shape index (κ1) is 15.0. The Morgan fingerprint density at radius 2 is 2.00 bits per heavy atom. The highest BCUT2D eigenvalue weighted by molar-refractivity contribution is 9.10. The molecule has 0 saturated carbocycles. The molecule has 1 rings (SSSR count). The van der Waals surface area contributed by atoms with Gasteiger partial charge in [-0.15, -0.1) is 0 Å². The number of methoxy groups -OCH3 is 1. The number of hydrogen-bond donors (Lipinski definition) is 1. The monoisotopic (exact) mass is 333 g/mol. The number of benzene rings is 1. The number of halogens is 2. The van der Waals surface area contributed by atoms with Crippen LogP contribution < -0.4 is 5.32 Å². The molecule has 0 unspecified atom stereocenters. The molecule has 0 bridgehead atoms. The molecular formula is C12H13BrClNO3. The molecule has 0 radical (unpaired) electrons. The topological polar surface area (TPSA) is 55.4 Å². The van der Waals surface area contributed by atoms with Gasteiger partial charge >= 0.3 is 5.97 Å². The largest absolute Gasteiger partial charge is 0.467 e. The van der Waals surface area contributed by atoms with Gasteiger partial charge in [0.05, 0.1) is 17.7 Å². The molecule has 0 saturated heterocycles. The third-order valence-corrected chi connectivity index (χ3v) is 3.12. The van der Waals surface area contributed by atoms with E-state index < -0.39 is 17.4 Å². The van der Waals surface area contributed by atoms with Gasteiger partial charge < -0.3 is 10.1 Å². The molecule has 1 aromatic carbocycles. The summed E-state index contributed by atoms with van der Waals surface area (Å²) in [5.74, 6) is -0.960. The summed E-state index contributed by atoms with van der Waals surface area (Å²) in [6, 6.07) is 4.92. The van der Waals surface area contributed by atoms with Gasteiger partial charge in [0.15, 0.2) is 0 Å². The lowest BCUT2D eigenvalue weighted by Crippen LogP contribution is -2.50. The number of ether oxygens (including phenoxy) is 1. The molecule has 0 atom stereocenters. The van der Waals surface area contributed by atoms with Crippen molar-refractivity contribution in [1.82, 2.24) is 5.32 Å². The summed E-state index contributed by atoms with van der Waals surface area (Å²) in [5, 5.41) is 2.89. The lowest BCUT2D eigenvalue weighted by atomic mass is 10.1. The normalized spacial score (nSPS) is 10.9. The Labute approximate surface area is 119 Å². The van der Waals surface area contributed by atoms with Gasteiger partial charge in [-0.25, -0.2) is 4.79 Å². The molecule has 0 aromatic heterocycles. The summed E-state index contributed by atoms with van der Waals surface area (Å²) in [6.45, 7) is 3.12. The average Bonchev–Trinajstić information content (AvgIpc) is 2.30. The van der Waals surface area contributed by atoms with Gasteiger partial charge in [-0.1, -0.05) is 27.5 Å². The van der Waals surface area contributed by atoms with E-state index in [2.05, 4.69) is 26.0 Å². The molecule has 0 heterocycles. The second-order valence-electron chi connectivity index (χ2n) is 4.19. The number of carbonyl (C=O) groups is 2. The van der Waals surface area contributed by atoms with Crippen molar-refractivity contribution >= 4 is 39.4 Å². The number of amides is 1. The zero-order chi connectivity index (χ0) is 13.9. The van der Waals surface area contributed by atoms with Crippen LogP contribution in [0.25, 0.3) is 0 Å². The number of hydrogen-bond acceptors (Lipinski definition) is 3. The molecule has 1 amide bonds. The maximum Gasteiger partial charge on any atom is 0.330 e. The first-order valence-corrected chi connectivity index (χ1v) is 6.31. The summed E-state index contributed by atoms with van der Waals surface area (Å²) >= 11 is 9.19. The van der Waals surface area contributed by atoms with Crippen molar-refractivity contribution in [2.24, 2.45) is 0 Å². The third-order valence-electron chi connectivity index (χ3n) is 2.29. The highest BCUT2D eigenvalue weighted by atomic mass is 79.9. The van der Waals surface area contributed by atoms with Gasteiger partial charge in [0, 0.05) is 4.47 Å². The second-order valence-corrected chi connectivity index (χ2v) is 5.52. The van der Waals surface area contributed by atoms with E-state index in [0.717, 1.165) is 4.47 Å². The van der Waals surface area contributed by atoms with Crippen molar-refractivity contribution in [1.29, 1.82) is 0 Å². The number of esters is 1. The fourth-order valence-electron chi connectivity index (χ4n) is 1.33. The van der Waals surface area contributed by atoms with Crippen LogP contribution in [0.5, 0.6) is 0 Å². The summed E-state index contributed by atoms with van der Waals surface area (Å²) in [5.41, 5.74) is -0.819. The van der Waals surface area contributed by atoms with Crippen molar-refractivity contribution in [3.8, 4) is 0 Å². The number of rotatable bonds is 3. The highest BCUT2D eigenvalue weighted by Gasteiger charge is 2.31. The van der Waals surface area contributed by atoms with E-state index in [0.29, 0.717) is 10.6 Å². The summed E-state index contributed by atoms with van der Waals surface area (Å²) < 4.78 is 5.34. The molecule has 0 aliphatic carbocycles. The molecule has 0 aliphatic rings. The smallest absolute Gasteiger partial charge is 0.330 e. The molecule has 18 heavy (non-hydrogen) atoms. The van der Waals surface area contributed by atoms with Gasteiger partial charge in [0.1, 0.15) is 5.54 Å². The molecule has 1 N–H and O–H groups in total. The zero-order valence-corrected chi connectivity index (χ0v) is 12.6. The Balaban J connectivity index is 2.95. The zero-order valence-electron chi connectivity index (χ0n) is 10.2. The van der Waals surface area contributed by atoms with Crippen LogP contribution in [0.2, 0.25) is 5.02 Å². The molecule has 0 spiro atoms. The predicted molar refractivity (Wildman–Crippen MR) is 72.7 cm³/mol. The van der Waals surface area contributed by atoms with E-state index >= 15 is 0 Å². The fourth-order valence-corrected chi connectivity index (χ4v) is 1.89. The van der Waals surface area contributed by atoms with Crippen LogP contribution in [-0.2, 0) is 9.53 Å². The molecular weight excluding hydrogens is 321 g/mol. The van der Waals surface area contributed by atoms with E-state index in [1.54, 1.807) is 32.0 Å². The van der Waals surface area contributed by atoms with Crippen LogP contribution in [0, 0.1) is 0 Å². The van der Waals surface area contributed by atoms with Crippen molar-refractivity contribution in [3.05, 3.63) is 33.3 Å².